The van der Waals surface area contributed by atoms with E-state index in [9.17, 15) is 53.7 Å². The summed E-state index contributed by atoms with van der Waals surface area (Å²) in [6.07, 6.45) is 0.849. The molecule has 0 radical (unpaired) electrons. The topological polar surface area (TPSA) is 327 Å². The molecule has 0 fully saturated rings. The molecule has 20 heteroatoms. The number of nitrogens with one attached hydrogen (secondary N) is 8. The zero-order chi connectivity index (χ0) is 49.7. The van der Waals surface area contributed by atoms with Crippen molar-refractivity contribution in [1.29, 1.82) is 0 Å². The van der Waals surface area contributed by atoms with Crippen LogP contribution >= 0.6 is 0 Å². The highest BCUT2D eigenvalue weighted by atomic mass is 16.4. The second-order valence-electron chi connectivity index (χ2n) is 18.0. The van der Waals surface area contributed by atoms with E-state index in [2.05, 4.69) is 41.9 Å². The number of hydrogen-bond donors (Lipinski definition) is 12. The van der Waals surface area contributed by atoms with E-state index in [0.29, 0.717) is 17.5 Å². The minimum atomic E-state index is -1.77. The second-order valence-corrected chi connectivity index (χ2v) is 18.0. The first kappa shape index (κ1) is 52.8. The van der Waals surface area contributed by atoms with Gasteiger partial charge in [-0.2, -0.15) is 0 Å². The molecule has 0 unspecified atom stereocenters. The zero-order valence-corrected chi connectivity index (χ0v) is 38.8. The average Bonchev–Trinajstić information content (AvgIpc) is 3.87. The molecule has 4 rings (SSSR count). The lowest BCUT2D eigenvalue weighted by molar-refractivity contribution is -0.143. The molecular formula is C47H65N9O11. The van der Waals surface area contributed by atoms with E-state index in [1.807, 2.05) is 38.1 Å². The maximum atomic E-state index is 14.1. The second kappa shape index (κ2) is 24.1. The molecule has 4 aromatic rings. The predicted molar refractivity (Wildman–Crippen MR) is 249 cm³/mol. The van der Waals surface area contributed by atoms with Gasteiger partial charge in [0.2, 0.25) is 35.4 Å². The number of H-pyrrole nitrogens is 2. The van der Waals surface area contributed by atoms with Crippen LogP contribution in [0.1, 0.15) is 78.9 Å². The number of hydrogen-bond acceptors (Lipinski definition) is 10. The van der Waals surface area contributed by atoms with Gasteiger partial charge >= 0.3 is 11.9 Å². The van der Waals surface area contributed by atoms with Gasteiger partial charge in [0.15, 0.2) is 0 Å². The quantitative estimate of drug-likeness (QED) is 0.0449. The Bertz CT molecular complexity index is 2390. The molecule has 8 atom stereocenters. The Morgan fingerprint density at radius 3 is 1.42 bits per heavy atom. The van der Waals surface area contributed by atoms with Crippen LogP contribution in [0.5, 0.6) is 0 Å². The first-order valence-electron chi connectivity index (χ1n) is 22.4. The highest BCUT2D eigenvalue weighted by Gasteiger charge is 2.37. The number of aliphatic carboxylic acids is 2. The fourth-order valence-electron chi connectivity index (χ4n) is 7.63. The highest BCUT2D eigenvalue weighted by Crippen LogP contribution is 2.21. The summed E-state index contributed by atoms with van der Waals surface area (Å²) in [7, 11) is 0. The number of carboxylic acid groups (broad SMARTS) is 2. The van der Waals surface area contributed by atoms with Crippen molar-refractivity contribution in [3.8, 4) is 0 Å². The molecule has 0 saturated heterocycles. The van der Waals surface area contributed by atoms with Crippen molar-refractivity contribution in [1.82, 2.24) is 41.9 Å². The number of aromatic nitrogens is 2. The Morgan fingerprint density at radius 2 is 0.970 bits per heavy atom. The number of fused-ring (bicyclic) bond motifs is 2. The number of aromatic amines is 2. The Morgan fingerprint density at radius 1 is 0.552 bits per heavy atom. The third-order valence-electron chi connectivity index (χ3n) is 11.3. The van der Waals surface area contributed by atoms with Crippen LogP contribution in [0.4, 0.5) is 0 Å². The maximum absolute atomic E-state index is 14.1. The summed E-state index contributed by atoms with van der Waals surface area (Å²) in [5, 5.41) is 47.0. The normalized spacial score (nSPS) is 15.2. The summed E-state index contributed by atoms with van der Waals surface area (Å²) in [6.45, 7) is 11.4. The number of carbonyl (C=O) groups excluding carboxylic acids is 6. The van der Waals surface area contributed by atoms with Crippen LogP contribution in [-0.4, -0.2) is 121 Å². The first-order chi connectivity index (χ1) is 31.6. The number of benzene rings is 2. The number of aliphatic hydroxyl groups excluding tert-OH is 1. The number of carboxylic acids is 2. The molecule has 2 aromatic heterocycles. The number of carbonyl (C=O) groups is 8. The van der Waals surface area contributed by atoms with Gasteiger partial charge in [0.1, 0.15) is 36.3 Å². The van der Waals surface area contributed by atoms with Crippen LogP contribution in [0.3, 0.4) is 0 Å². The van der Waals surface area contributed by atoms with Crippen LogP contribution in [0.2, 0.25) is 0 Å². The van der Waals surface area contributed by atoms with Gasteiger partial charge in [0, 0.05) is 53.5 Å². The van der Waals surface area contributed by atoms with Crippen molar-refractivity contribution in [2.45, 2.75) is 129 Å². The van der Waals surface area contributed by atoms with Crippen molar-refractivity contribution >= 4 is 69.2 Å². The molecule has 0 spiro atoms. The molecule has 0 aliphatic rings. The minimum absolute atomic E-state index is 0.0109. The van der Waals surface area contributed by atoms with E-state index < -0.39 is 120 Å². The molecular weight excluding hydrogens is 867 g/mol. The Labute approximate surface area is 388 Å². The van der Waals surface area contributed by atoms with E-state index in [1.165, 1.54) is 6.92 Å². The summed E-state index contributed by atoms with van der Waals surface area (Å²) < 4.78 is 0. The van der Waals surface area contributed by atoms with Crippen LogP contribution < -0.4 is 37.6 Å². The number of aliphatic hydroxyl groups is 1. The van der Waals surface area contributed by atoms with E-state index in [-0.39, 0.29) is 18.8 Å². The smallest absolute Gasteiger partial charge is 0.326 e. The minimum Gasteiger partial charge on any atom is -0.481 e. The summed E-state index contributed by atoms with van der Waals surface area (Å²) in [6, 6.07) is 4.92. The summed E-state index contributed by atoms with van der Waals surface area (Å²) in [4.78, 5) is 113. The molecule has 364 valence electrons. The molecule has 0 saturated carbocycles. The number of nitrogens with two attached hydrogens (primary N) is 1. The van der Waals surface area contributed by atoms with Crippen molar-refractivity contribution < 1.29 is 53.7 Å². The lowest BCUT2D eigenvalue weighted by atomic mass is 9.99. The number of rotatable bonds is 25. The van der Waals surface area contributed by atoms with E-state index in [1.54, 1.807) is 64.4 Å². The van der Waals surface area contributed by atoms with Crippen molar-refractivity contribution in [2.75, 3.05) is 0 Å². The van der Waals surface area contributed by atoms with Gasteiger partial charge in [-0.3, -0.25) is 33.6 Å². The van der Waals surface area contributed by atoms with Gasteiger partial charge in [0.05, 0.1) is 12.1 Å². The first-order valence-corrected chi connectivity index (χ1v) is 22.4. The largest absolute Gasteiger partial charge is 0.481 e. The van der Waals surface area contributed by atoms with Crippen LogP contribution in [-0.2, 0) is 51.2 Å². The van der Waals surface area contributed by atoms with Crippen LogP contribution in [0, 0.1) is 17.8 Å². The molecule has 0 aliphatic heterocycles. The number of para-hydroxylation sites is 2. The standard InChI is InChI=1S/C47H65N9O11/c1-23(2)18-31(48)41(60)52-35(19-27-21-49-32-14-10-8-12-29(27)32)43(62)54-38(24(3)4)45(64)51-34(16-17-37(58)59)42(61)56-40(26(7)57)46(65)53-36(44(63)55-39(25(5)6)47(66)67)20-28-22-50-33-15-11-9-13-30(28)33/h8-15,21-26,31,34-36,38-40,49-50,57H,16-20,48H2,1-7H3,(H,51,64)(H,52,60)(H,53,65)(H,54,62)(H,55,63)(H,56,61)(H,58,59)(H,66,67)/t26-,31+,34+,35+,36+,38+,39+,40+/m1/s1. The van der Waals surface area contributed by atoms with E-state index in [4.69, 9.17) is 5.73 Å². The van der Waals surface area contributed by atoms with Crippen LogP contribution in [0.15, 0.2) is 60.9 Å². The molecule has 20 nitrogen and oxygen atoms in total. The lowest BCUT2D eigenvalue weighted by Crippen LogP contribution is -2.62. The molecule has 0 bridgehead atoms. The van der Waals surface area contributed by atoms with Gasteiger partial charge in [0.25, 0.3) is 0 Å². The van der Waals surface area contributed by atoms with Gasteiger partial charge in [-0.1, -0.05) is 77.9 Å². The zero-order valence-electron chi connectivity index (χ0n) is 38.8. The fourth-order valence-corrected chi connectivity index (χ4v) is 7.63. The maximum Gasteiger partial charge on any atom is 0.326 e. The summed E-state index contributed by atoms with van der Waals surface area (Å²) >= 11 is 0. The molecule has 13 N–H and O–H groups in total. The summed E-state index contributed by atoms with van der Waals surface area (Å²) in [5.74, 6) is -8.89. The average molecular weight is 932 g/mol. The lowest BCUT2D eigenvalue weighted by Gasteiger charge is -2.29. The predicted octanol–water partition coefficient (Wildman–Crippen LogP) is 1.36. The van der Waals surface area contributed by atoms with Gasteiger partial charge in [-0.05, 0) is 60.8 Å². The molecule has 2 heterocycles. The SMILES string of the molecule is CC(C)C[C@H](N)C(=O)N[C@@H](Cc1c[nH]c2ccccc12)C(=O)N[C@H](C(=O)N[C@@H](CCC(=O)O)C(=O)N[C@H](C(=O)N[C@@H](Cc1c[nH]c2ccccc12)C(=O)N[C@H](C(=O)O)C(C)C)[C@@H](C)O)C(C)C. The van der Waals surface area contributed by atoms with Crippen molar-refractivity contribution in [3.05, 3.63) is 72.1 Å². The Balaban J connectivity index is 1.57. The van der Waals surface area contributed by atoms with Crippen LogP contribution in [0.25, 0.3) is 21.8 Å². The van der Waals surface area contributed by atoms with Crippen molar-refractivity contribution in [2.24, 2.45) is 23.5 Å². The van der Waals surface area contributed by atoms with Crippen molar-refractivity contribution in [3.63, 3.8) is 0 Å². The Hall–Kier alpha value is -6.80. The van der Waals surface area contributed by atoms with Gasteiger partial charge in [-0.15, -0.1) is 0 Å². The molecule has 67 heavy (non-hydrogen) atoms. The van der Waals surface area contributed by atoms with Gasteiger partial charge < -0.3 is 62.9 Å². The highest BCUT2D eigenvalue weighted by molar-refractivity contribution is 5.98. The Kier molecular flexibility index (Phi) is 19.0. The fraction of sp³-hybridized carbons (Fsp3) is 0.489. The van der Waals surface area contributed by atoms with E-state index >= 15 is 0 Å². The molecule has 0 aliphatic carbocycles. The van der Waals surface area contributed by atoms with Gasteiger partial charge in [-0.25, -0.2) is 4.79 Å². The number of amides is 6. The van der Waals surface area contributed by atoms with E-state index in [0.717, 1.165) is 21.8 Å². The molecule has 2 aromatic carbocycles. The monoisotopic (exact) mass is 931 g/mol. The third-order valence-corrected chi connectivity index (χ3v) is 11.3. The summed E-state index contributed by atoms with van der Waals surface area (Å²) in [5.41, 5.74) is 9.00. The molecule has 6 amide bonds. The third kappa shape index (κ3) is 14.9.